The van der Waals surface area contributed by atoms with Crippen LogP contribution in [0.4, 0.5) is 4.39 Å². The summed E-state index contributed by atoms with van der Waals surface area (Å²) in [6, 6.07) is 7.90. The fraction of sp³-hybridized carbons (Fsp3) is 0.659. The molecule has 5 nitrogen and oxygen atoms in total. The molecule has 1 aromatic heterocycles. The summed E-state index contributed by atoms with van der Waals surface area (Å²) in [5.41, 5.74) is 0. The van der Waals surface area contributed by atoms with Crippen LogP contribution < -0.4 is 9.47 Å². The number of carbonyl (C=O) groups is 1. The number of rotatable bonds is 27. The van der Waals surface area contributed by atoms with E-state index in [-0.39, 0.29) is 16.9 Å². The second-order valence-corrected chi connectivity index (χ2v) is 41.1. The van der Waals surface area contributed by atoms with Gasteiger partial charge in [0.15, 0.2) is 5.82 Å². The summed E-state index contributed by atoms with van der Waals surface area (Å²) in [7, 11) is 0. The fourth-order valence-electron chi connectivity index (χ4n) is 6.99. The number of carbonyl (C=O) groups excluding carboxylic acids is 1. The normalized spacial score (nSPS) is 12.9. The van der Waals surface area contributed by atoms with Crippen LogP contribution in [0, 0.1) is 5.82 Å². The summed E-state index contributed by atoms with van der Waals surface area (Å²) in [4.78, 5) is 17.6. The van der Waals surface area contributed by atoms with Gasteiger partial charge >= 0.3 is 276 Å². The Kier molecular flexibility index (Phi) is 22.7. The topological polar surface area (TPSA) is 57.7 Å². The Hall–Kier alpha value is -1.00. The van der Waals surface area contributed by atoms with Crippen LogP contribution in [0.25, 0.3) is 0 Å². The quantitative estimate of drug-likeness (QED) is 0.0660. The minimum atomic E-state index is -2.90. The monoisotopic (exact) mass is 931 g/mol. The number of aromatic nitrogens is 1. The predicted octanol–water partition coefficient (Wildman–Crippen LogP) is 13.7. The maximum atomic E-state index is 14.2. The fourth-order valence-corrected chi connectivity index (χ4v) is 49.3. The molecule has 0 fully saturated rings. The molecule has 282 valence electrons. The van der Waals surface area contributed by atoms with Crippen LogP contribution >= 0.6 is 11.6 Å². The summed E-state index contributed by atoms with van der Waals surface area (Å²) in [5, 5.41) is 0.200. The molecule has 0 aliphatic rings. The van der Waals surface area contributed by atoms with Gasteiger partial charge < -0.3 is 0 Å². The molecule has 0 bridgehead atoms. The van der Waals surface area contributed by atoms with Gasteiger partial charge in [0.1, 0.15) is 0 Å². The third kappa shape index (κ3) is 15.5. The van der Waals surface area contributed by atoms with Gasteiger partial charge in [-0.1, -0.05) is 11.6 Å². The van der Waals surface area contributed by atoms with Crippen LogP contribution in [-0.4, -0.2) is 60.4 Å². The molecular weight excluding hydrogens is 862 g/mol. The summed E-state index contributed by atoms with van der Waals surface area (Å²) >= 11 is 0.205. The van der Waals surface area contributed by atoms with E-state index in [4.69, 9.17) is 25.8 Å². The van der Waals surface area contributed by atoms with E-state index in [2.05, 4.69) is 50.6 Å². The molecule has 0 N–H and O–H groups in total. The van der Waals surface area contributed by atoms with Crippen LogP contribution in [0.1, 0.15) is 126 Å². The van der Waals surface area contributed by atoms with Gasteiger partial charge in [-0.3, -0.25) is 0 Å². The van der Waals surface area contributed by atoms with Gasteiger partial charge in [-0.25, -0.2) is 9.37 Å². The van der Waals surface area contributed by atoms with Gasteiger partial charge in [-0.15, -0.1) is 0 Å². The molecule has 9 heteroatoms. The van der Waals surface area contributed by atoms with Crippen LogP contribution in [0.15, 0.2) is 44.2 Å². The molecule has 1 atom stereocenters. The summed E-state index contributed by atoms with van der Waals surface area (Å²) < 4.78 is 45.2. The number of nitrogens with zero attached hydrogens (tertiary/aromatic N) is 1. The second kappa shape index (κ2) is 25.1. The first-order valence-corrected chi connectivity index (χ1v) is 35.3. The summed E-state index contributed by atoms with van der Waals surface area (Å²) in [6.07, 6.45) is 15.8. The molecule has 50 heavy (non-hydrogen) atoms. The van der Waals surface area contributed by atoms with Crippen molar-refractivity contribution in [3.63, 3.8) is 0 Å². The van der Waals surface area contributed by atoms with E-state index in [1.54, 1.807) is 34.8 Å². The van der Waals surface area contributed by atoms with Crippen LogP contribution in [0.5, 0.6) is 17.4 Å². The van der Waals surface area contributed by atoms with Crippen molar-refractivity contribution in [1.29, 1.82) is 0 Å². The van der Waals surface area contributed by atoms with Gasteiger partial charge in [-0.05, 0) is 6.07 Å². The Morgan fingerprint density at radius 3 is 1.70 bits per heavy atom. The first kappa shape index (κ1) is 45.2. The van der Waals surface area contributed by atoms with Crippen molar-refractivity contribution in [2.45, 2.75) is 158 Å². The average Bonchev–Trinajstić information content (AvgIpc) is 3.12. The molecule has 1 aromatic carbocycles. The molecule has 0 aliphatic carbocycles. The van der Waals surface area contributed by atoms with Crippen molar-refractivity contribution >= 4 is 54.3 Å². The number of pyridine rings is 1. The molecule has 0 radical (unpaired) electrons. The minimum absolute atomic E-state index is 0.158. The number of benzene rings is 1. The van der Waals surface area contributed by atoms with Crippen LogP contribution in [0.3, 0.4) is 0 Å². The Morgan fingerprint density at radius 2 is 1.24 bits per heavy atom. The predicted molar refractivity (Wildman–Crippen MR) is 215 cm³/mol. The molecule has 0 aliphatic heterocycles. The SMILES string of the molecule is CCC[CH2][Sn](/[CH]=[C](/COC(=O)[C@@H](C)Oc1ccc(Oc2ncc(Cl)cc2F)cc1)[Sn]([CH2]CCC)([CH2]CCC)[CH2]CCC)([CH2]CCC)[CH2]CCC. The molecule has 0 saturated heterocycles. The Labute approximate surface area is 317 Å². The zero-order valence-corrected chi connectivity index (χ0v) is 38.9. The van der Waals surface area contributed by atoms with Crippen molar-refractivity contribution in [2.24, 2.45) is 0 Å². The number of hydrogen-bond donors (Lipinski definition) is 0. The number of esters is 1. The zero-order valence-electron chi connectivity index (χ0n) is 32.4. The van der Waals surface area contributed by atoms with Crippen LogP contribution in [-0.2, 0) is 9.53 Å². The molecule has 0 amide bonds. The number of ether oxygens (including phenoxy) is 3. The van der Waals surface area contributed by atoms with Crippen molar-refractivity contribution in [1.82, 2.24) is 4.98 Å². The first-order valence-electron chi connectivity index (χ1n) is 19.8. The molecule has 1 heterocycles. The molecule has 0 saturated carbocycles. The van der Waals surface area contributed by atoms with Gasteiger partial charge in [0.2, 0.25) is 0 Å². The standard InChI is InChI=1S/C17H13ClFNO4.6C4H9.2Sn/c1-3-8-22-17(21)11(2)23-13-4-6-14(7-5-13)24-16-15(19)9-12(18)10-20-16;6*1-3-4-2;;/h1,4-7,9-11H,8H2,2H3;6*1,3-4H2,2H3;;/t11-;;;;;;;;/m1......../s1. The third-order valence-corrected chi connectivity index (χ3v) is 42.9. The van der Waals surface area contributed by atoms with Crippen LogP contribution in [0.2, 0.25) is 31.6 Å². The van der Waals surface area contributed by atoms with Gasteiger partial charge in [0.05, 0.1) is 5.02 Å². The molecule has 0 spiro atoms. The summed E-state index contributed by atoms with van der Waals surface area (Å²) in [6.45, 7) is 16.2. The van der Waals surface area contributed by atoms with E-state index in [0.717, 1.165) is 6.07 Å². The molecule has 2 rings (SSSR count). The second-order valence-electron chi connectivity index (χ2n) is 14.3. The Morgan fingerprint density at radius 1 is 0.780 bits per heavy atom. The number of hydrogen-bond acceptors (Lipinski definition) is 5. The van der Waals surface area contributed by atoms with Crippen molar-refractivity contribution in [2.75, 3.05) is 6.61 Å². The van der Waals surface area contributed by atoms with Crippen molar-refractivity contribution < 1.29 is 23.4 Å². The van der Waals surface area contributed by atoms with E-state index in [9.17, 15) is 9.18 Å². The average molecular weight is 930 g/mol. The van der Waals surface area contributed by atoms with E-state index in [0.29, 0.717) is 18.1 Å². The Bertz CT molecular complexity index is 1230. The number of unbranched alkanes of at least 4 members (excludes halogenated alkanes) is 6. The van der Waals surface area contributed by atoms with Gasteiger partial charge in [0.25, 0.3) is 0 Å². The third-order valence-electron chi connectivity index (χ3n) is 10.1. The van der Waals surface area contributed by atoms with Gasteiger partial charge in [-0.2, -0.15) is 0 Å². The van der Waals surface area contributed by atoms with Gasteiger partial charge in [0, 0.05) is 6.20 Å². The molecule has 2 aromatic rings. The molecule has 0 unspecified atom stereocenters. The number of halogens is 2. The Balaban J connectivity index is 2.40. The van der Waals surface area contributed by atoms with E-state index in [1.807, 2.05) is 0 Å². The zero-order chi connectivity index (χ0) is 36.8. The van der Waals surface area contributed by atoms with Crippen molar-refractivity contribution in [3.05, 3.63) is 55.0 Å². The van der Waals surface area contributed by atoms with E-state index < -0.39 is 48.7 Å². The van der Waals surface area contributed by atoms with Crippen molar-refractivity contribution in [3.8, 4) is 17.4 Å². The van der Waals surface area contributed by atoms with E-state index in [1.165, 1.54) is 110 Å². The van der Waals surface area contributed by atoms with E-state index >= 15 is 0 Å². The first-order chi connectivity index (χ1) is 24.1. The summed E-state index contributed by atoms with van der Waals surface area (Å²) in [5.74, 6) is -0.206. The molecular formula is C41H67ClFNO4Sn2. The maximum absolute atomic E-state index is 14.2.